The molecule has 29 heavy (non-hydrogen) atoms. The van der Waals surface area contributed by atoms with Crippen molar-refractivity contribution >= 4 is 40.6 Å². The van der Waals surface area contributed by atoms with Crippen LogP contribution in [0.4, 0.5) is 13.2 Å². The predicted octanol–water partition coefficient (Wildman–Crippen LogP) is 4.13. The highest BCUT2D eigenvalue weighted by Crippen LogP contribution is 2.36. The number of rotatable bonds is 3. The maximum absolute atomic E-state index is 13.0. The molecule has 0 aliphatic rings. The number of H-pyrrole nitrogens is 1. The summed E-state index contributed by atoms with van der Waals surface area (Å²) >= 11 is 17.8. The van der Waals surface area contributed by atoms with Crippen LogP contribution in [0.15, 0.2) is 46.1 Å². The molecule has 0 aliphatic carbocycles. The lowest BCUT2D eigenvalue weighted by atomic mass is 10.0. The molecule has 0 saturated carbocycles. The highest BCUT2D eigenvalue weighted by molar-refractivity contribution is 6.41. The van der Waals surface area contributed by atoms with Crippen LogP contribution >= 0.6 is 34.8 Å². The Kier molecular flexibility index (Phi) is 5.57. The van der Waals surface area contributed by atoms with E-state index in [0.717, 1.165) is 35.1 Å². The lowest BCUT2D eigenvalue weighted by molar-refractivity contribution is -0.137. The first kappa shape index (κ1) is 21.1. The summed E-state index contributed by atoms with van der Waals surface area (Å²) in [4.78, 5) is 37.7. The fourth-order valence-corrected chi connectivity index (χ4v) is 3.34. The van der Waals surface area contributed by atoms with Crippen molar-refractivity contribution in [2.75, 3.05) is 0 Å². The lowest BCUT2D eigenvalue weighted by Gasteiger charge is -2.13. The summed E-state index contributed by atoms with van der Waals surface area (Å²) in [6, 6.07) is 4.97. The van der Waals surface area contributed by atoms with Crippen LogP contribution in [0.3, 0.4) is 0 Å². The van der Waals surface area contributed by atoms with Gasteiger partial charge in [-0.05, 0) is 30.3 Å². The zero-order valence-electron chi connectivity index (χ0n) is 13.9. The van der Waals surface area contributed by atoms with Crippen molar-refractivity contribution in [1.82, 2.24) is 14.8 Å². The van der Waals surface area contributed by atoms with E-state index in [-0.39, 0.29) is 26.9 Å². The largest absolute Gasteiger partial charge is 0.417 e. The van der Waals surface area contributed by atoms with Crippen LogP contribution in [-0.4, -0.2) is 20.5 Å². The number of aromatic nitrogens is 3. The van der Waals surface area contributed by atoms with E-state index in [1.54, 1.807) is 0 Å². The van der Waals surface area contributed by atoms with Crippen LogP contribution in [0.1, 0.15) is 21.5 Å². The van der Waals surface area contributed by atoms with Crippen molar-refractivity contribution < 1.29 is 18.0 Å². The Morgan fingerprint density at radius 3 is 2.17 bits per heavy atom. The van der Waals surface area contributed by atoms with Gasteiger partial charge in [-0.25, -0.2) is 4.79 Å². The Morgan fingerprint density at radius 1 is 1.00 bits per heavy atom. The van der Waals surface area contributed by atoms with Crippen molar-refractivity contribution in [3.8, 4) is 5.69 Å². The normalized spacial score (nSPS) is 11.5. The van der Waals surface area contributed by atoms with E-state index in [4.69, 9.17) is 34.8 Å². The van der Waals surface area contributed by atoms with Gasteiger partial charge < -0.3 is 0 Å². The topological polar surface area (TPSA) is 84.8 Å². The summed E-state index contributed by atoms with van der Waals surface area (Å²) in [6.07, 6.45) is -3.92. The van der Waals surface area contributed by atoms with Gasteiger partial charge in [-0.3, -0.25) is 14.6 Å². The van der Waals surface area contributed by atoms with E-state index in [9.17, 15) is 27.6 Å². The van der Waals surface area contributed by atoms with Gasteiger partial charge in [0.25, 0.3) is 5.56 Å². The fourth-order valence-electron chi connectivity index (χ4n) is 2.46. The van der Waals surface area contributed by atoms with Gasteiger partial charge in [0, 0.05) is 5.56 Å². The van der Waals surface area contributed by atoms with Crippen LogP contribution in [0.2, 0.25) is 15.1 Å². The Morgan fingerprint density at radius 2 is 1.62 bits per heavy atom. The minimum Gasteiger partial charge on any atom is -0.288 e. The molecule has 0 aliphatic heterocycles. The molecule has 1 aromatic heterocycles. The van der Waals surface area contributed by atoms with Crippen molar-refractivity contribution in [1.29, 1.82) is 0 Å². The Balaban J connectivity index is 2.10. The number of aromatic amines is 1. The molecule has 0 bridgehead atoms. The number of ketones is 1. The molecule has 0 spiro atoms. The molecule has 1 heterocycles. The van der Waals surface area contributed by atoms with Crippen LogP contribution in [0, 0.1) is 0 Å². The third-order valence-corrected chi connectivity index (χ3v) is 4.67. The zero-order valence-corrected chi connectivity index (χ0v) is 16.1. The maximum Gasteiger partial charge on any atom is 0.417 e. The third kappa shape index (κ3) is 4.21. The quantitative estimate of drug-likeness (QED) is 0.591. The molecule has 0 atom stereocenters. The second-order valence-corrected chi connectivity index (χ2v) is 6.88. The minimum atomic E-state index is -4.76. The first-order valence-electron chi connectivity index (χ1n) is 7.58. The van der Waals surface area contributed by atoms with Gasteiger partial charge >= 0.3 is 11.9 Å². The van der Waals surface area contributed by atoms with E-state index >= 15 is 0 Å². The van der Waals surface area contributed by atoms with E-state index in [1.807, 2.05) is 4.98 Å². The molecule has 2 aromatic carbocycles. The van der Waals surface area contributed by atoms with Gasteiger partial charge in [-0.1, -0.05) is 34.8 Å². The summed E-state index contributed by atoms with van der Waals surface area (Å²) in [6.45, 7) is 0. The monoisotopic (exact) mass is 463 g/mol. The molecule has 3 aromatic rings. The molecule has 150 valence electrons. The van der Waals surface area contributed by atoms with Gasteiger partial charge in [0.05, 0.1) is 31.9 Å². The molecule has 12 heteroatoms. The van der Waals surface area contributed by atoms with Crippen molar-refractivity contribution in [3.63, 3.8) is 0 Å². The number of hydrogen-bond donors (Lipinski definition) is 1. The Bertz CT molecular complexity index is 1230. The average Bonchev–Trinajstić information content (AvgIpc) is 2.60. The minimum absolute atomic E-state index is 0.0323. The van der Waals surface area contributed by atoms with Gasteiger partial charge in [0.2, 0.25) is 0 Å². The Labute approximate surface area is 174 Å². The fraction of sp³-hybridized carbons (Fsp3) is 0.0588. The van der Waals surface area contributed by atoms with Crippen LogP contribution in [-0.2, 0) is 6.18 Å². The second-order valence-electron chi connectivity index (χ2n) is 5.66. The number of nitrogens with one attached hydrogen (secondary N) is 1. The predicted molar refractivity (Wildman–Crippen MR) is 100 cm³/mol. The highest BCUT2D eigenvalue weighted by Gasteiger charge is 2.34. The van der Waals surface area contributed by atoms with Crippen LogP contribution in [0.5, 0.6) is 0 Å². The number of carbonyl (C=O) groups is 1. The summed E-state index contributed by atoms with van der Waals surface area (Å²) in [5.74, 6) is -0.879. The number of halogens is 6. The highest BCUT2D eigenvalue weighted by atomic mass is 35.5. The van der Waals surface area contributed by atoms with Crippen LogP contribution < -0.4 is 11.2 Å². The summed E-state index contributed by atoms with van der Waals surface area (Å²) in [5.41, 5.74) is -3.36. The summed E-state index contributed by atoms with van der Waals surface area (Å²) < 4.78 is 39.9. The molecule has 0 fully saturated rings. The van der Waals surface area contributed by atoms with E-state index in [0.29, 0.717) is 6.07 Å². The average molecular weight is 465 g/mol. The van der Waals surface area contributed by atoms with Crippen molar-refractivity contribution in [2.45, 2.75) is 6.18 Å². The number of nitrogens with zero attached hydrogens (tertiary/aromatic N) is 2. The van der Waals surface area contributed by atoms with E-state index in [1.165, 1.54) is 0 Å². The van der Waals surface area contributed by atoms with Gasteiger partial charge in [0.15, 0.2) is 5.78 Å². The summed E-state index contributed by atoms with van der Waals surface area (Å²) in [7, 11) is 0. The molecule has 3 rings (SSSR count). The molecule has 0 unspecified atom stereocenters. The molecule has 0 radical (unpaired) electrons. The maximum atomic E-state index is 13.0. The first-order chi connectivity index (χ1) is 13.5. The third-order valence-electron chi connectivity index (χ3n) is 3.75. The Hall–Kier alpha value is -2.62. The van der Waals surface area contributed by atoms with Gasteiger partial charge in [-0.2, -0.15) is 23.0 Å². The number of alkyl halides is 3. The first-order valence-corrected chi connectivity index (χ1v) is 8.72. The molecule has 6 nitrogen and oxygen atoms in total. The smallest absolute Gasteiger partial charge is 0.288 e. The molecule has 1 N–H and O–H groups in total. The lowest BCUT2D eigenvalue weighted by Crippen LogP contribution is -2.30. The molecular formula is C17H7Cl3F3N3O3. The van der Waals surface area contributed by atoms with E-state index in [2.05, 4.69) is 5.10 Å². The number of hydrogen-bond acceptors (Lipinski definition) is 4. The molecular weight excluding hydrogens is 458 g/mol. The zero-order chi connectivity index (χ0) is 21.5. The number of benzene rings is 2. The van der Waals surface area contributed by atoms with Crippen LogP contribution in [0.25, 0.3) is 5.69 Å². The molecule has 0 amide bonds. The number of carbonyl (C=O) groups excluding carboxylic acids is 1. The van der Waals surface area contributed by atoms with Crippen molar-refractivity contribution in [2.24, 2.45) is 0 Å². The summed E-state index contributed by atoms with van der Waals surface area (Å²) in [5, 5.41) is 2.59. The van der Waals surface area contributed by atoms with E-state index < -0.39 is 33.8 Å². The second kappa shape index (κ2) is 7.66. The molecule has 0 saturated heterocycles. The SMILES string of the molecule is O=C(c1ccc(Cl)c(C(F)(F)F)c1)c1c(Cl)cc(-n2ncc(=O)[nH]c2=O)cc1Cl. The van der Waals surface area contributed by atoms with Gasteiger partial charge in [-0.15, -0.1) is 0 Å². The van der Waals surface area contributed by atoms with Gasteiger partial charge in [0.1, 0.15) is 6.20 Å². The van der Waals surface area contributed by atoms with Crippen molar-refractivity contribution in [3.05, 3.63) is 89.1 Å². The standard InChI is InChI=1S/C17H7Cl3F3N3O3/c18-10-2-1-7(3-9(10)17(21,22)23)15(28)14-11(19)4-8(5-12(14)20)26-16(29)25-13(27)6-24-26/h1-6H,(H,25,27,29).